The number of rotatable bonds is 4. The maximum absolute atomic E-state index is 12.0. The maximum Gasteiger partial charge on any atom is 0.288 e. The molecule has 78 valence electrons. The first-order valence-electron chi connectivity index (χ1n) is 4.37. The lowest BCUT2D eigenvalue weighted by Gasteiger charge is -2.05. The minimum Gasteiger partial charge on any atom is -0.328 e. The number of benzene rings is 1. The van der Waals surface area contributed by atoms with Gasteiger partial charge in [0, 0.05) is 10.9 Å². The summed E-state index contributed by atoms with van der Waals surface area (Å²) >= 11 is 0.561. The van der Waals surface area contributed by atoms with Crippen LogP contribution in [0, 0.1) is 0 Å². The molecule has 0 heterocycles. The highest BCUT2D eigenvalue weighted by atomic mass is 32.2. The van der Waals surface area contributed by atoms with Crippen LogP contribution in [0.2, 0.25) is 0 Å². The second-order valence-corrected chi connectivity index (χ2v) is 4.27. The van der Waals surface area contributed by atoms with Gasteiger partial charge in [-0.05, 0) is 31.0 Å². The predicted molar refractivity (Wildman–Crippen MR) is 55.7 cm³/mol. The van der Waals surface area contributed by atoms with Crippen LogP contribution < -0.4 is 5.73 Å². The van der Waals surface area contributed by atoms with Crippen molar-refractivity contribution in [3.05, 3.63) is 29.8 Å². The van der Waals surface area contributed by atoms with Crippen molar-refractivity contribution >= 4 is 11.8 Å². The zero-order valence-corrected chi connectivity index (χ0v) is 8.73. The van der Waals surface area contributed by atoms with Crippen molar-refractivity contribution in [3.63, 3.8) is 0 Å². The predicted octanol–water partition coefficient (Wildman–Crippen LogP) is 2.89. The van der Waals surface area contributed by atoms with Gasteiger partial charge in [0.15, 0.2) is 0 Å². The van der Waals surface area contributed by atoms with E-state index in [1.165, 1.54) is 0 Å². The summed E-state index contributed by atoms with van der Waals surface area (Å²) in [6.45, 7) is 1.92. The molecule has 0 amide bonds. The Morgan fingerprint density at radius 2 is 1.86 bits per heavy atom. The Morgan fingerprint density at radius 3 is 2.29 bits per heavy atom. The molecule has 0 aliphatic carbocycles. The van der Waals surface area contributed by atoms with Crippen LogP contribution in [-0.4, -0.2) is 11.8 Å². The number of alkyl halides is 2. The molecule has 0 bridgehead atoms. The highest BCUT2D eigenvalue weighted by Crippen LogP contribution is 2.25. The SMILES string of the molecule is C[C@H](N)Cc1ccc(SC(F)F)cc1. The van der Waals surface area contributed by atoms with Crippen molar-refractivity contribution in [2.24, 2.45) is 5.73 Å². The van der Waals surface area contributed by atoms with E-state index in [1.54, 1.807) is 12.1 Å². The number of hydrogen-bond acceptors (Lipinski definition) is 2. The zero-order valence-electron chi connectivity index (χ0n) is 7.91. The molecule has 1 aromatic rings. The summed E-state index contributed by atoms with van der Waals surface area (Å²) in [6, 6.07) is 7.19. The van der Waals surface area contributed by atoms with Crippen LogP contribution in [0.1, 0.15) is 12.5 Å². The monoisotopic (exact) mass is 217 g/mol. The normalized spacial score (nSPS) is 13.2. The molecular formula is C10H13F2NS. The quantitative estimate of drug-likeness (QED) is 0.785. The van der Waals surface area contributed by atoms with Gasteiger partial charge >= 0.3 is 0 Å². The zero-order chi connectivity index (χ0) is 10.6. The lowest BCUT2D eigenvalue weighted by molar-refractivity contribution is 0.252. The standard InChI is InChI=1S/C10H13F2NS/c1-7(13)6-8-2-4-9(5-3-8)14-10(11)12/h2-5,7,10H,6,13H2,1H3/t7-/m0/s1. The van der Waals surface area contributed by atoms with Gasteiger partial charge in [-0.25, -0.2) is 0 Å². The average molecular weight is 217 g/mol. The van der Waals surface area contributed by atoms with Gasteiger partial charge in [-0.2, -0.15) is 8.78 Å². The molecule has 1 nitrogen and oxygen atoms in total. The van der Waals surface area contributed by atoms with Crippen molar-refractivity contribution in [1.82, 2.24) is 0 Å². The highest BCUT2D eigenvalue weighted by Gasteiger charge is 2.05. The molecule has 0 saturated carbocycles. The second kappa shape index (κ2) is 5.32. The summed E-state index contributed by atoms with van der Waals surface area (Å²) in [4.78, 5) is 0.591. The fourth-order valence-electron chi connectivity index (χ4n) is 1.18. The van der Waals surface area contributed by atoms with Crippen LogP contribution in [0.15, 0.2) is 29.2 Å². The van der Waals surface area contributed by atoms with Crippen molar-refractivity contribution in [2.75, 3.05) is 0 Å². The van der Waals surface area contributed by atoms with Crippen LogP contribution in [0.4, 0.5) is 8.78 Å². The summed E-state index contributed by atoms with van der Waals surface area (Å²) in [7, 11) is 0. The summed E-state index contributed by atoms with van der Waals surface area (Å²) in [6.07, 6.45) is 0.777. The first-order valence-corrected chi connectivity index (χ1v) is 5.25. The van der Waals surface area contributed by atoms with Crippen molar-refractivity contribution < 1.29 is 8.78 Å². The Kier molecular flexibility index (Phi) is 4.35. The minimum absolute atomic E-state index is 0.101. The van der Waals surface area contributed by atoms with Crippen LogP contribution in [-0.2, 0) is 6.42 Å². The molecule has 0 unspecified atom stereocenters. The average Bonchev–Trinajstić information content (AvgIpc) is 2.06. The largest absolute Gasteiger partial charge is 0.328 e. The molecule has 0 aliphatic rings. The van der Waals surface area contributed by atoms with Crippen LogP contribution in [0.25, 0.3) is 0 Å². The highest BCUT2D eigenvalue weighted by molar-refractivity contribution is 7.99. The van der Waals surface area contributed by atoms with E-state index < -0.39 is 5.76 Å². The van der Waals surface area contributed by atoms with Gasteiger partial charge in [0.25, 0.3) is 5.76 Å². The van der Waals surface area contributed by atoms with Gasteiger partial charge in [-0.3, -0.25) is 0 Å². The molecule has 2 N–H and O–H groups in total. The third kappa shape index (κ3) is 4.07. The molecule has 1 rings (SSSR count). The van der Waals surface area contributed by atoms with Crippen LogP contribution >= 0.6 is 11.8 Å². The lowest BCUT2D eigenvalue weighted by atomic mass is 10.1. The van der Waals surface area contributed by atoms with Crippen molar-refractivity contribution in [1.29, 1.82) is 0 Å². The molecule has 1 atom stereocenters. The Balaban J connectivity index is 2.59. The number of thioether (sulfide) groups is 1. The first-order chi connectivity index (χ1) is 6.58. The molecule has 0 spiro atoms. The van der Waals surface area contributed by atoms with E-state index in [0.29, 0.717) is 16.7 Å². The third-order valence-electron chi connectivity index (χ3n) is 1.71. The molecule has 4 heteroatoms. The summed E-state index contributed by atoms with van der Waals surface area (Å²) in [5, 5.41) is 0. The van der Waals surface area contributed by atoms with E-state index >= 15 is 0 Å². The van der Waals surface area contributed by atoms with Crippen molar-refractivity contribution in [2.45, 2.75) is 30.0 Å². The molecule has 0 radical (unpaired) electrons. The van der Waals surface area contributed by atoms with E-state index in [0.717, 1.165) is 12.0 Å². The molecule has 0 aromatic heterocycles. The summed E-state index contributed by atoms with van der Waals surface area (Å²) in [5.74, 6) is -2.35. The van der Waals surface area contributed by atoms with E-state index in [2.05, 4.69) is 0 Å². The Hall–Kier alpha value is -0.610. The molecule has 0 fully saturated rings. The fraction of sp³-hybridized carbons (Fsp3) is 0.400. The summed E-state index contributed by atoms with van der Waals surface area (Å²) in [5.41, 5.74) is 6.70. The van der Waals surface area contributed by atoms with Gasteiger partial charge < -0.3 is 5.73 Å². The number of hydrogen-bond donors (Lipinski definition) is 1. The fourth-order valence-corrected chi connectivity index (χ4v) is 1.68. The molecule has 0 aliphatic heterocycles. The minimum atomic E-state index is -2.35. The number of nitrogens with two attached hydrogens (primary N) is 1. The van der Waals surface area contributed by atoms with Crippen LogP contribution in [0.3, 0.4) is 0 Å². The van der Waals surface area contributed by atoms with Crippen LogP contribution in [0.5, 0.6) is 0 Å². The van der Waals surface area contributed by atoms with Gasteiger partial charge in [0.2, 0.25) is 0 Å². The second-order valence-electron chi connectivity index (χ2n) is 3.20. The summed E-state index contributed by atoms with van der Waals surface area (Å²) < 4.78 is 23.9. The van der Waals surface area contributed by atoms with Gasteiger partial charge in [0.1, 0.15) is 0 Å². The molecule has 0 saturated heterocycles. The lowest BCUT2D eigenvalue weighted by Crippen LogP contribution is -2.17. The van der Waals surface area contributed by atoms with E-state index in [4.69, 9.17) is 5.73 Å². The maximum atomic E-state index is 12.0. The third-order valence-corrected chi connectivity index (χ3v) is 2.43. The Morgan fingerprint density at radius 1 is 1.29 bits per heavy atom. The van der Waals surface area contributed by atoms with Gasteiger partial charge in [0.05, 0.1) is 0 Å². The number of halogens is 2. The molecular weight excluding hydrogens is 204 g/mol. The van der Waals surface area contributed by atoms with Gasteiger partial charge in [-0.15, -0.1) is 0 Å². The van der Waals surface area contributed by atoms with Crippen molar-refractivity contribution in [3.8, 4) is 0 Å². The smallest absolute Gasteiger partial charge is 0.288 e. The van der Waals surface area contributed by atoms with E-state index in [9.17, 15) is 8.78 Å². The molecule has 14 heavy (non-hydrogen) atoms. The molecule has 1 aromatic carbocycles. The van der Waals surface area contributed by atoms with E-state index in [-0.39, 0.29) is 6.04 Å². The topological polar surface area (TPSA) is 26.0 Å². The Bertz CT molecular complexity index is 243. The van der Waals surface area contributed by atoms with Gasteiger partial charge in [-0.1, -0.05) is 23.9 Å². The Labute approximate surface area is 86.7 Å². The van der Waals surface area contributed by atoms with E-state index in [1.807, 2.05) is 19.1 Å². The first kappa shape index (κ1) is 11.5.